The van der Waals surface area contributed by atoms with Crippen LogP contribution in [0.3, 0.4) is 0 Å². The Balaban J connectivity index is 1.78. The summed E-state index contributed by atoms with van der Waals surface area (Å²) >= 11 is 3.27. The largest absolute Gasteiger partial charge is 0.290 e. The minimum atomic E-state index is -3.61. The molecule has 0 spiro atoms. The van der Waals surface area contributed by atoms with Gasteiger partial charge >= 0.3 is 0 Å². The number of aromatic nitrogens is 2. The van der Waals surface area contributed by atoms with E-state index in [2.05, 4.69) is 30.8 Å². The second-order valence-corrected chi connectivity index (χ2v) is 8.06. The number of rotatable bonds is 3. The SMILES string of the molecule is Nc1[nH+]cc(Br)cc1S(=O)(=O)N1CCN(c2cccc[nH+]2)CC1. The van der Waals surface area contributed by atoms with Crippen LogP contribution in [0.15, 0.2) is 46.0 Å². The number of sulfonamides is 1. The first-order valence-electron chi connectivity index (χ1n) is 7.17. The Hall–Kier alpha value is -1.71. The van der Waals surface area contributed by atoms with Crippen LogP contribution < -0.4 is 20.6 Å². The van der Waals surface area contributed by atoms with Crippen LogP contribution in [0.25, 0.3) is 0 Å². The number of anilines is 2. The zero-order valence-corrected chi connectivity index (χ0v) is 14.8. The van der Waals surface area contributed by atoms with E-state index in [4.69, 9.17) is 5.73 Å². The Labute approximate surface area is 143 Å². The molecule has 2 aromatic rings. The number of hydrogen-bond acceptors (Lipinski definition) is 4. The second kappa shape index (κ2) is 6.42. The van der Waals surface area contributed by atoms with Crippen molar-refractivity contribution in [3.05, 3.63) is 41.1 Å². The Bertz CT molecular complexity index is 792. The lowest BCUT2D eigenvalue weighted by molar-refractivity contribution is -0.364. The molecule has 3 heterocycles. The number of H-pyrrole nitrogens is 2. The summed E-state index contributed by atoms with van der Waals surface area (Å²) in [6, 6.07) is 7.37. The predicted molar refractivity (Wildman–Crippen MR) is 89.1 cm³/mol. The summed E-state index contributed by atoms with van der Waals surface area (Å²) in [5, 5.41) is 0. The lowest BCUT2D eigenvalue weighted by atomic mass is 10.3. The van der Waals surface area contributed by atoms with Crippen molar-refractivity contribution in [1.29, 1.82) is 0 Å². The third-order valence-electron chi connectivity index (χ3n) is 3.79. The van der Waals surface area contributed by atoms with Crippen molar-refractivity contribution >= 4 is 37.6 Å². The van der Waals surface area contributed by atoms with Crippen LogP contribution in [-0.2, 0) is 10.0 Å². The molecule has 0 saturated carbocycles. The van der Waals surface area contributed by atoms with E-state index in [-0.39, 0.29) is 10.7 Å². The summed E-state index contributed by atoms with van der Waals surface area (Å²) in [6.45, 7) is 2.07. The highest BCUT2D eigenvalue weighted by atomic mass is 79.9. The van der Waals surface area contributed by atoms with Gasteiger partial charge in [0.2, 0.25) is 0 Å². The molecule has 3 rings (SSSR count). The molecule has 0 unspecified atom stereocenters. The zero-order chi connectivity index (χ0) is 16.4. The van der Waals surface area contributed by atoms with Gasteiger partial charge in [-0.1, -0.05) is 6.07 Å². The monoisotopic (exact) mass is 399 g/mol. The molecule has 0 radical (unpaired) electrons. The van der Waals surface area contributed by atoms with E-state index < -0.39 is 10.0 Å². The summed E-state index contributed by atoms with van der Waals surface area (Å²) in [6.07, 6.45) is 3.47. The maximum Gasteiger partial charge on any atom is 0.290 e. The standard InChI is InChI=1S/C14H16BrN5O2S/c15-11-9-12(14(16)18-10-11)23(21,22)20-7-5-19(6-8-20)13-3-1-2-4-17-13/h1-4,9-10H,5-8H2,(H2,16,18)/p+2. The van der Waals surface area contributed by atoms with E-state index in [0.29, 0.717) is 30.7 Å². The average Bonchev–Trinajstić information content (AvgIpc) is 2.58. The van der Waals surface area contributed by atoms with Gasteiger partial charge in [0.1, 0.15) is 6.20 Å². The number of pyridine rings is 2. The van der Waals surface area contributed by atoms with Crippen LogP contribution in [0.1, 0.15) is 0 Å². The minimum Gasteiger partial charge on any atom is -0.286 e. The highest BCUT2D eigenvalue weighted by Crippen LogP contribution is 2.23. The quantitative estimate of drug-likeness (QED) is 0.795. The normalized spacial score (nSPS) is 16.5. The lowest BCUT2D eigenvalue weighted by Crippen LogP contribution is -2.50. The first-order valence-corrected chi connectivity index (χ1v) is 9.40. The van der Waals surface area contributed by atoms with Crippen molar-refractivity contribution in [2.75, 3.05) is 36.8 Å². The van der Waals surface area contributed by atoms with Crippen molar-refractivity contribution < 1.29 is 18.4 Å². The van der Waals surface area contributed by atoms with Gasteiger partial charge in [-0.15, -0.1) is 0 Å². The summed E-state index contributed by atoms with van der Waals surface area (Å²) < 4.78 is 27.7. The predicted octanol–water partition coefficient (Wildman–Crippen LogP) is 0.170. The van der Waals surface area contributed by atoms with Gasteiger partial charge < -0.3 is 0 Å². The van der Waals surface area contributed by atoms with Crippen LogP contribution in [0.5, 0.6) is 0 Å². The molecule has 23 heavy (non-hydrogen) atoms. The van der Waals surface area contributed by atoms with Crippen LogP contribution in [0.2, 0.25) is 0 Å². The molecular weight excluding hydrogens is 382 g/mol. The molecule has 1 aliphatic rings. The molecule has 1 saturated heterocycles. The molecule has 0 bridgehead atoms. The van der Waals surface area contributed by atoms with Gasteiger partial charge in [-0.05, 0) is 28.1 Å². The molecule has 0 aliphatic carbocycles. The fourth-order valence-corrected chi connectivity index (χ4v) is 4.59. The number of piperazine rings is 1. The van der Waals surface area contributed by atoms with E-state index in [1.165, 1.54) is 10.4 Å². The molecule has 4 N–H and O–H groups in total. The third-order valence-corrected chi connectivity index (χ3v) is 6.19. The van der Waals surface area contributed by atoms with Gasteiger partial charge in [0.15, 0.2) is 4.90 Å². The van der Waals surface area contributed by atoms with E-state index in [1.807, 2.05) is 24.4 Å². The van der Waals surface area contributed by atoms with Gasteiger partial charge in [-0.25, -0.2) is 18.4 Å². The van der Waals surface area contributed by atoms with Crippen molar-refractivity contribution in [2.24, 2.45) is 0 Å². The molecule has 0 amide bonds. The smallest absolute Gasteiger partial charge is 0.286 e. The molecule has 2 aromatic heterocycles. The Morgan fingerprint density at radius 2 is 1.87 bits per heavy atom. The summed E-state index contributed by atoms with van der Waals surface area (Å²) in [5.41, 5.74) is 5.80. The minimum absolute atomic E-state index is 0.103. The van der Waals surface area contributed by atoms with Gasteiger partial charge in [-0.2, -0.15) is 4.31 Å². The van der Waals surface area contributed by atoms with Crippen LogP contribution in [-0.4, -0.2) is 38.9 Å². The van der Waals surface area contributed by atoms with Crippen molar-refractivity contribution in [3.8, 4) is 0 Å². The molecule has 7 nitrogen and oxygen atoms in total. The van der Waals surface area contributed by atoms with Gasteiger partial charge in [-0.3, -0.25) is 10.6 Å². The first-order chi connectivity index (χ1) is 11.0. The molecule has 0 aromatic carbocycles. The number of halogens is 1. The fourth-order valence-electron chi connectivity index (χ4n) is 2.56. The number of nitrogens with one attached hydrogen (secondary N) is 2. The zero-order valence-electron chi connectivity index (χ0n) is 12.4. The Morgan fingerprint density at radius 1 is 1.13 bits per heavy atom. The summed E-state index contributed by atoms with van der Waals surface area (Å²) in [7, 11) is -3.61. The van der Waals surface area contributed by atoms with Crippen LogP contribution in [0, 0.1) is 0 Å². The van der Waals surface area contributed by atoms with Crippen LogP contribution in [0.4, 0.5) is 11.6 Å². The summed E-state index contributed by atoms with van der Waals surface area (Å²) in [5.74, 6) is 1.13. The number of hydrogen-bond donors (Lipinski definition) is 1. The van der Waals surface area contributed by atoms with Gasteiger partial charge in [0, 0.05) is 6.07 Å². The number of nitrogen functional groups attached to an aromatic ring is 1. The van der Waals surface area contributed by atoms with Crippen LogP contribution >= 0.6 is 15.9 Å². The molecular formula is C14H18BrN5O2S+2. The van der Waals surface area contributed by atoms with Crippen molar-refractivity contribution in [2.45, 2.75) is 4.90 Å². The lowest BCUT2D eigenvalue weighted by Gasteiger charge is -2.30. The highest BCUT2D eigenvalue weighted by molar-refractivity contribution is 9.10. The topological polar surface area (TPSA) is 94.9 Å². The second-order valence-electron chi connectivity index (χ2n) is 5.23. The number of aromatic amines is 2. The average molecular weight is 400 g/mol. The van der Waals surface area contributed by atoms with E-state index in [1.54, 1.807) is 6.20 Å². The number of nitrogens with zero attached hydrogens (tertiary/aromatic N) is 2. The molecule has 1 fully saturated rings. The molecule has 0 atom stereocenters. The first kappa shape index (κ1) is 16.2. The Kier molecular flexibility index (Phi) is 4.51. The molecule has 1 aliphatic heterocycles. The van der Waals surface area contributed by atoms with Crippen molar-refractivity contribution in [3.63, 3.8) is 0 Å². The molecule has 9 heteroatoms. The fraction of sp³-hybridized carbons (Fsp3) is 0.286. The maximum atomic E-state index is 12.8. The van der Waals surface area contributed by atoms with Gasteiger partial charge in [0.25, 0.3) is 21.7 Å². The highest BCUT2D eigenvalue weighted by Gasteiger charge is 2.34. The molecule has 122 valence electrons. The summed E-state index contributed by atoms with van der Waals surface area (Å²) in [4.78, 5) is 8.16. The van der Waals surface area contributed by atoms with Crippen molar-refractivity contribution in [1.82, 2.24) is 4.31 Å². The van der Waals surface area contributed by atoms with E-state index in [9.17, 15) is 8.42 Å². The van der Waals surface area contributed by atoms with E-state index >= 15 is 0 Å². The third kappa shape index (κ3) is 3.31. The Morgan fingerprint density at radius 3 is 2.52 bits per heavy atom. The number of nitrogens with two attached hydrogens (primary N) is 1. The van der Waals surface area contributed by atoms with E-state index in [0.717, 1.165) is 5.82 Å². The van der Waals surface area contributed by atoms with Gasteiger partial charge in [0.05, 0.1) is 36.8 Å². The maximum absolute atomic E-state index is 12.8.